The summed E-state index contributed by atoms with van der Waals surface area (Å²) in [5.74, 6) is 0.367. The predicted molar refractivity (Wildman–Crippen MR) is 54.2 cm³/mol. The SMILES string of the molecule is [CH2]c1cccc(C(CC)CC#N)c1. The molecule has 1 radical (unpaired) electrons. The summed E-state index contributed by atoms with van der Waals surface area (Å²) in [6, 6.07) is 10.3. The quantitative estimate of drug-likeness (QED) is 0.686. The molecule has 0 saturated heterocycles. The van der Waals surface area contributed by atoms with Gasteiger partial charge in [0.25, 0.3) is 0 Å². The van der Waals surface area contributed by atoms with E-state index in [9.17, 15) is 0 Å². The van der Waals surface area contributed by atoms with Crippen LogP contribution in [-0.4, -0.2) is 0 Å². The van der Waals surface area contributed by atoms with Gasteiger partial charge in [0.15, 0.2) is 0 Å². The Kier molecular flexibility index (Phi) is 3.52. The van der Waals surface area contributed by atoms with Gasteiger partial charge < -0.3 is 0 Å². The van der Waals surface area contributed by atoms with Crippen molar-refractivity contribution in [2.75, 3.05) is 0 Å². The second-order valence-electron chi connectivity index (χ2n) is 3.21. The number of hydrogen-bond acceptors (Lipinski definition) is 1. The van der Waals surface area contributed by atoms with E-state index in [1.54, 1.807) is 0 Å². The van der Waals surface area contributed by atoms with Crippen LogP contribution in [0.25, 0.3) is 0 Å². The molecule has 0 aliphatic rings. The van der Waals surface area contributed by atoms with Crippen LogP contribution in [0.2, 0.25) is 0 Å². The second kappa shape index (κ2) is 4.67. The van der Waals surface area contributed by atoms with E-state index in [1.165, 1.54) is 5.56 Å². The molecule has 0 saturated carbocycles. The molecule has 0 aromatic heterocycles. The zero-order valence-electron chi connectivity index (χ0n) is 7.96. The van der Waals surface area contributed by atoms with E-state index >= 15 is 0 Å². The minimum Gasteiger partial charge on any atom is -0.198 e. The van der Waals surface area contributed by atoms with E-state index in [-0.39, 0.29) is 0 Å². The van der Waals surface area contributed by atoms with Crippen LogP contribution in [0.3, 0.4) is 0 Å². The molecule has 1 heteroatoms. The van der Waals surface area contributed by atoms with Gasteiger partial charge in [0.1, 0.15) is 0 Å². The third-order valence-electron chi connectivity index (χ3n) is 2.25. The van der Waals surface area contributed by atoms with E-state index < -0.39 is 0 Å². The van der Waals surface area contributed by atoms with Crippen LogP contribution in [-0.2, 0) is 0 Å². The molecule has 1 atom stereocenters. The Morgan fingerprint density at radius 1 is 1.54 bits per heavy atom. The number of hydrogen-bond donors (Lipinski definition) is 0. The number of nitrogens with zero attached hydrogens (tertiary/aromatic N) is 1. The van der Waals surface area contributed by atoms with Crippen molar-refractivity contribution in [3.8, 4) is 6.07 Å². The molecule has 0 spiro atoms. The van der Waals surface area contributed by atoms with E-state index in [0.717, 1.165) is 12.0 Å². The van der Waals surface area contributed by atoms with Crippen molar-refractivity contribution in [3.05, 3.63) is 42.3 Å². The zero-order chi connectivity index (χ0) is 9.68. The Labute approximate surface area is 80.0 Å². The molecule has 0 bridgehead atoms. The molecule has 13 heavy (non-hydrogen) atoms. The van der Waals surface area contributed by atoms with E-state index in [0.29, 0.717) is 12.3 Å². The molecular formula is C12H14N. The fourth-order valence-electron chi connectivity index (χ4n) is 1.46. The van der Waals surface area contributed by atoms with Gasteiger partial charge in [0.05, 0.1) is 6.07 Å². The molecule has 0 aliphatic heterocycles. The monoisotopic (exact) mass is 172 g/mol. The average Bonchev–Trinajstić information content (AvgIpc) is 2.14. The largest absolute Gasteiger partial charge is 0.198 e. The average molecular weight is 172 g/mol. The Hall–Kier alpha value is -1.29. The molecular weight excluding hydrogens is 158 g/mol. The first kappa shape index (κ1) is 9.80. The van der Waals surface area contributed by atoms with Gasteiger partial charge in [-0.2, -0.15) is 5.26 Å². The van der Waals surface area contributed by atoms with E-state index in [2.05, 4.69) is 32.0 Å². The summed E-state index contributed by atoms with van der Waals surface area (Å²) in [5.41, 5.74) is 2.26. The van der Waals surface area contributed by atoms with Crippen LogP contribution in [0.5, 0.6) is 0 Å². The third-order valence-corrected chi connectivity index (χ3v) is 2.25. The Morgan fingerprint density at radius 3 is 2.85 bits per heavy atom. The van der Waals surface area contributed by atoms with Crippen LogP contribution >= 0.6 is 0 Å². The maximum atomic E-state index is 8.63. The molecule has 67 valence electrons. The molecule has 1 aromatic carbocycles. The highest BCUT2D eigenvalue weighted by atomic mass is 14.2. The van der Waals surface area contributed by atoms with Crippen molar-refractivity contribution in [1.82, 2.24) is 0 Å². The first-order valence-electron chi connectivity index (χ1n) is 4.56. The lowest BCUT2D eigenvalue weighted by Crippen LogP contribution is -1.96. The van der Waals surface area contributed by atoms with Crippen LogP contribution in [0.4, 0.5) is 0 Å². The lowest BCUT2D eigenvalue weighted by atomic mass is 9.93. The van der Waals surface area contributed by atoms with Gasteiger partial charge in [0, 0.05) is 6.42 Å². The first-order valence-corrected chi connectivity index (χ1v) is 4.56. The third kappa shape index (κ3) is 2.59. The highest BCUT2D eigenvalue weighted by molar-refractivity contribution is 5.28. The van der Waals surface area contributed by atoms with Gasteiger partial charge in [-0.15, -0.1) is 0 Å². The van der Waals surface area contributed by atoms with Crippen LogP contribution in [0.15, 0.2) is 24.3 Å². The summed E-state index contributed by atoms with van der Waals surface area (Å²) in [7, 11) is 0. The molecule has 0 aliphatic carbocycles. The van der Waals surface area contributed by atoms with E-state index in [1.807, 2.05) is 12.1 Å². The number of rotatable bonds is 3. The Balaban J connectivity index is 2.86. The molecule has 0 N–H and O–H groups in total. The fourth-order valence-corrected chi connectivity index (χ4v) is 1.46. The maximum Gasteiger partial charge on any atom is 0.0628 e. The van der Waals surface area contributed by atoms with Crippen molar-refractivity contribution in [3.63, 3.8) is 0 Å². The van der Waals surface area contributed by atoms with E-state index in [4.69, 9.17) is 5.26 Å². The van der Waals surface area contributed by atoms with Gasteiger partial charge in [-0.25, -0.2) is 0 Å². The standard InChI is InChI=1S/C12H14N/c1-3-11(7-8-13)12-6-4-5-10(2)9-12/h4-6,9,11H,2-3,7H2,1H3. The molecule has 0 heterocycles. The zero-order valence-corrected chi connectivity index (χ0v) is 7.96. The first-order chi connectivity index (χ1) is 6.27. The van der Waals surface area contributed by atoms with Crippen molar-refractivity contribution in [2.24, 2.45) is 0 Å². The number of benzene rings is 1. The smallest absolute Gasteiger partial charge is 0.0628 e. The highest BCUT2D eigenvalue weighted by Gasteiger charge is 2.07. The van der Waals surface area contributed by atoms with Gasteiger partial charge in [-0.05, 0) is 30.4 Å². The summed E-state index contributed by atoms with van der Waals surface area (Å²) >= 11 is 0. The van der Waals surface area contributed by atoms with Gasteiger partial charge in [-0.1, -0.05) is 31.2 Å². The molecule has 0 amide bonds. The molecule has 0 fully saturated rings. The molecule has 1 rings (SSSR count). The minimum atomic E-state index is 0.367. The number of nitriles is 1. The fraction of sp³-hybridized carbons (Fsp3) is 0.333. The minimum absolute atomic E-state index is 0.367. The predicted octanol–water partition coefficient (Wildman–Crippen LogP) is 3.28. The van der Waals surface area contributed by atoms with Crippen molar-refractivity contribution in [2.45, 2.75) is 25.7 Å². The van der Waals surface area contributed by atoms with Crippen molar-refractivity contribution >= 4 is 0 Å². The lowest BCUT2D eigenvalue weighted by molar-refractivity contribution is 0.680. The summed E-state index contributed by atoms with van der Waals surface area (Å²) < 4.78 is 0. The maximum absolute atomic E-state index is 8.63. The van der Waals surface area contributed by atoms with Crippen LogP contribution in [0.1, 0.15) is 36.8 Å². The van der Waals surface area contributed by atoms with Crippen molar-refractivity contribution in [1.29, 1.82) is 5.26 Å². The summed E-state index contributed by atoms with van der Waals surface area (Å²) in [4.78, 5) is 0. The van der Waals surface area contributed by atoms with Gasteiger partial charge in [0.2, 0.25) is 0 Å². The van der Waals surface area contributed by atoms with Gasteiger partial charge in [-0.3, -0.25) is 0 Å². The molecule has 1 nitrogen and oxygen atoms in total. The Morgan fingerprint density at radius 2 is 2.31 bits per heavy atom. The second-order valence-corrected chi connectivity index (χ2v) is 3.21. The molecule has 1 aromatic rings. The lowest BCUT2D eigenvalue weighted by Gasteiger charge is -2.11. The summed E-state index contributed by atoms with van der Waals surface area (Å²) in [6.07, 6.45) is 1.61. The summed E-state index contributed by atoms with van der Waals surface area (Å²) in [5, 5.41) is 8.63. The van der Waals surface area contributed by atoms with Crippen LogP contribution < -0.4 is 0 Å². The highest BCUT2D eigenvalue weighted by Crippen LogP contribution is 2.23. The van der Waals surface area contributed by atoms with Crippen molar-refractivity contribution < 1.29 is 0 Å². The van der Waals surface area contributed by atoms with Gasteiger partial charge >= 0.3 is 0 Å². The van der Waals surface area contributed by atoms with Crippen LogP contribution in [0, 0.1) is 18.3 Å². The Bertz CT molecular complexity index is 309. The topological polar surface area (TPSA) is 23.8 Å². The molecule has 1 unspecified atom stereocenters. The normalized spacial score (nSPS) is 12.1. The summed E-state index contributed by atoms with van der Waals surface area (Å²) in [6.45, 7) is 5.98.